The summed E-state index contributed by atoms with van der Waals surface area (Å²) in [6, 6.07) is 5.97. The lowest BCUT2D eigenvalue weighted by Gasteiger charge is -2.20. The standard InChI is InChI=1S/C15H24N2O3S/c1-10(2)12-7-13(17(4)21(5,18)19)9-14(8-12)20-16-15-6-11(15)3/h7-11,15-16H,6H2,1-5H3. The van der Waals surface area contributed by atoms with Crippen LogP contribution in [0.1, 0.15) is 38.7 Å². The molecular formula is C15H24N2O3S. The SMILES string of the molecule is CC(C)c1cc(ONC2CC2C)cc(N(C)S(C)(=O)=O)c1. The minimum atomic E-state index is -3.29. The highest BCUT2D eigenvalue weighted by Gasteiger charge is 2.33. The van der Waals surface area contributed by atoms with Gasteiger partial charge in [-0.25, -0.2) is 8.42 Å². The summed E-state index contributed by atoms with van der Waals surface area (Å²) in [4.78, 5) is 5.62. The molecule has 0 bridgehead atoms. The van der Waals surface area contributed by atoms with Crippen molar-refractivity contribution >= 4 is 15.7 Å². The van der Waals surface area contributed by atoms with E-state index in [1.165, 1.54) is 10.6 Å². The van der Waals surface area contributed by atoms with E-state index < -0.39 is 10.0 Å². The maximum Gasteiger partial charge on any atom is 0.231 e. The van der Waals surface area contributed by atoms with Gasteiger partial charge >= 0.3 is 0 Å². The van der Waals surface area contributed by atoms with E-state index in [9.17, 15) is 8.42 Å². The van der Waals surface area contributed by atoms with Gasteiger partial charge in [-0.1, -0.05) is 20.8 Å². The zero-order valence-electron chi connectivity index (χ0n) is 13.3. The molecule has 1 aromatic carbocycles. The van der Waals surface area contributed by atoms with Gasteiger partial charge < -0.3 is 4.84 Å². The zero-order chi connectivity index (χ0) is 15.8. The molecule has 1 aliphatic rings. The fourth-order valence-corrected chi connectivity index (χ4v) is 2.49. The molecule has 6 heteroatoms. The number of benzene rings is 1. The smallest absolute Gasteiger partial charge is 0.231 e. The number of hydrogen-bond donors (Lipinski definition) is 1. The predicted octanol–water partition coefficient (Wildman–Crippen LogP) is 2.50. The zero-order valence-corrected chi connectivity index (χ0v) is 14.1. The van der Waals surface area contributed by atoms with Gasteiger partial charge in [-0.05, 0) is 36.0 Å². The first-order valence-electron chi connectivity index (χ1n) is 7.19. The monoisotopic (exact) mass is 312 g/mol. The lowest BCUT2D eigenvalue weighted by atomic mass is 10.0. The van der Waals surface area contributed by atoms with Gasteiger partial charge in [0.05, 0.1) is 11.9 Å². The third kappa shape index (κ3) is 4.11. The van der Waals surface area contributed by atoms with Crippen LogP contribution in [-0.2, 0) is 10.0 Å². The number of hydrogen-bond acceptors (Lipinski definition) is 4. The Hall–Kier alpha value is -1.27. The van der Waals surface area contributed by atoms with Gasteiger partial charge in [-0.15, -0.1) is 0 Å². The first-order chi connectivity index (χ1) is 9.68. The van der Waals surface area contributed by atoms with Crippen LogP contribution in [0.4, 0.5) is 5.69 Å². The van der Waals surface area contributed by atoms with Crippen molar-refractivity contribution < 1.29 is 13.3 Å². The van der Waals surface area contributed by atoms with E-state index in [0.717, 1.165) is 12.0 Å². The van der Waals surface area contributed by atoms with Crippen molar-refractivity contribution in [3.63, 3.8) is 0 Å². The Morgan fingerprint density at radius 2 is 1.95 bits per heavy atom. The van der Waals surface area contributed by atoms with Crippen molar-refractivity contribution in [3.05, 3.63) is 23.8 Å². The van der Waals surface area contributed by atoms with Gasteiger partial charge in [0.25, 0.3) is 0 Å². The van der Waals surface area contributed by atoms with Gasteiger partial charge in [0.15, 0.2) is 0 Å². The molecule has 118 valence electrons. The molecule has 0 spiro atoms. The highest BCUT2D eigenvalue weighted by atomic mass is 32.2. The topological polar surface area (TPSA) is 58.6 Å². The van der Waals surface area contributed by atoms with Gasteiger partial charge in [0, 0.05) is 19.2 Å². The Morgan fingerprint density at radius 1 is 1.33 bits per heavy atom. The number of nitrogens with zero attached hydrogens (tertiary/aromatic N) is 1. The summed E-state index contributed by atoms with van der Waals surface area (Å²) in [5.41, 5.74) is 4.69. The van der Waals surface area contributed by atoms with E-state index in [-0.39, 0.29) is 0 Å². The average Bonchev–Trinajstić information content (AvgIpc) is 3.10. The lowest BCUT2D eigenvalue weighted by molar-refractivity contribution is 0.185. The molecule has 0 radical (unpaired) electrons. The van der Waals surface area contributed by atoms with E-state index in [1.54, 1.807) is 13.1 Å². The van der Waals surface area contributed by atoms with Crippen LogP contribution in [0.15, 0.2) is 18.2 Å². The van der Waals surface area contributed by atoms with Crippen LogP contribution in [0.25, 0.3) is 0 Å². The van der Waals surface area contributed by atoms with Crippen molar-refractivity contribution in [2.75, 3.05) is 17.6 Å². The highest BCUT2D eigenvalue weighted by Crippen LogP contribution is 2.31. The van der Waals surface area contributed by atoms with E-state index in [2.05, 4.69) is 26.3 Å². The first-order valence-corrected chi connectivity index (χ1v) is 9.04. The number of nitrogens with one attached hydrogen (secondary N) is 1. The van der Waals surface area contributed by atoms with E-state index in [1.807, 2.05) is 12.1 Å². The molecule has 0 aromatic heterocycles. The van der Waals surface area contributed by atoms with Crippen LogP contribution in [0, 0.1) is 5.92 Å². The largest absolute Gasteiger partial charge is 0.408 e. The summed E-state index contributed by atoms with van der Waals surface area (Å²) in [6.45, 7) is 6.30. The molecule has 1 N–H and O–H groups in total. The van der Waals surface area contributed by atoms with Crippen LogP contribution in [0.5, 0.6) is 5.75 Å². The number of rotatable bonds is 6. The van der Waals surface area contributed by atoms with Gasteiger partial charge in [0.1, 0.15) is 5.75 Å². The summed E-state index contributed by atoms with van der Waals surface area (Å²) in [5.74, 6) is 1.57. The van der Waals surface area contributed by atoms with Crippen molar-refractivity contribution in [1.29, 1.82) is 0 Å². The van der Waals surface area contributed by atoms with E-state index >= 15 is 0 Å². The van der Waals surface area contributed by atoms with Gasteiger partial charge in [-0.2, -0.15) is 5.48 Å². The Bertz CT molecular complexity index is 613. The summed E-state index contributed by atoms with van der Waals surface area (Å²) in [6.07, 6.45) is 2.31. The maximum absolute atomic E-state index is 11.7. The molecule has 5 nitrogen and oxygen atoms in total. The molecule has 2 atom stereocenters. The first kappa shape index (κ1) is 16.1. The molecule has 1 aliphatic carbocycles. The minimum absolute atomic E-state index is 0.292. The minimum Gasteiger partial charge on any atom is -0.408 e. The number of sulfonamides is 1. The predicted molar refractivity (Wildman–Crippen MR) is 85.1 cm³/mol. The summed E-state index contributed by atoms with van der Waals surface area (Å²) in [5, 5.41) is 0. The molecule has 21 heavy (non-hydrogen) atoms. The Labute approximate surface area is 127 Å². The summed E-state index contributed by atoms with van der Waals surface area (Å²) >= 11 is 0. The molecule has 2 rings (SSSR count). The van der Waals surface area contributed by atoms with E-state index in [4.69, 9.17) is 4.84 Å². The fraction of sp³-hybridized carbons (Fsp3) is 0.600. The molecule has 1 fully saturated rings. The van der Waals surface area contributed by atoms with Gasteiger partial charge in [0.2, 0.25) is 10.0 Å². The van der Waals surface area contributed by atoms with Crippen molar-refractivity contribution in [3.8, 4) is 5.75 Å². The Morgan fingerprint density at radius 3 is 2.43 bits per heavy atom. The summed E-state index contributed by atoms with van der Waals surface area (Å²) < 4.78 is 24.7. The molecular weight excluding hydrogens is 288 g/mol. The molecule has 1 aromatic rings. The number of anilines is 1. The highest BCUT2D eigenvalue weighted by molar-refractivity contribution is 7.92. The normalized spacial score (nSPS) is 21.4. The molecule has 0 heterocycles. The maximum atomic E-state index is 11.7. The quantitative estimate of drug-likeness (QED) is 0.820. The average molecular weight is 312 g/mol. The fourth-order valence-electron chi connectivity index (χ4n) is 2.00. The van der Waals surface area contributed by atoms with E-state index in [0.29, 0.717) is 29.3 Å². The van der Waals surface area contributed by atoms with Gasteiger partial charge in [-0.3, -0.25) is 4.31 Å². The van der Waals surface area contributed by atoms with Crippen LogP contribution < -0.4 is 14.6 Å². The molecule has 0 amide bonds. The van der Waals surface area contributed by atoms with Crippen molar-refractivity contribution in [2.45, 2.75) is 39.2 Å². The third-order valence-corrected chi connectivity index (χ3v) is 5.08. The second kappa shape index (κ2) is 5.85. The molecule has 0 saturated heterocycles. The Balaban J connectivity index is 2.25. The summed E-state index contributed by atoms with van der Waals surface area (Å²) in [7, 11) is -1.73. The van der Waals surface area contributed by atoms with Crippen LogP contribution in [0.3, 0.4) is 0 Å². The third-order valence-electron chi connectivity index (χ3n) is 3.88. The Kier molecular flexibility index (Phi) is 4.49. The molecule has 0 aliphatic heterocycles. The molecule has 1 saturated carbocycles. The second-order valence-electron chi connectivity index (χ2n) is 6.18. The second-order valence-corrected chi connectivity index (χ2v) is 8.20. The van der Waals surface area contributed by atoms with Crippen LogP contribution in [-0.4, -0.2) is 27.8 Å². The van der Waals surface area contributed by atoms with Crippen molar-refractivity contribution in [1.82, 2.24) is 5.48 Å². The molecule has 2 unspecified atom stereocenters. The number of hydroxylamine groups is 1. The van der Waals surface area contributed by atoms with Crippen LogP contribution >= 0.6 is 0 Å². The lowest BCUT2D eigenvalue weighted by Crippen LogP contribution is -2.26. The van der Waals surface area contributed by atoms with Crippen molar-refractivity contribution in [2.24, 2.45) is 5.92 Å². The van der Waals surface area contributed by atoms with Crippen LogP contribution in [0.2, 0.25) is 0 Å².